The molecule has 2 heterocycles. The first-order chi connectivity index (χ1) is 16.5. The topological polar surface area (TPSA) is 145 Å². The number of methoxy groups -OCH3 is 2. The predicted octanol–water partition coefficient (Wildman–Crippen LogP) is 1.42. The van der Waals surface area contributed by atoms with Gasteiger partial charge in [0.15, 0.2) is 23.0 Å². The Morgan fingerprint density at radius 1 is 1.06 bits per heavy atom. The lowest BCUT2D eigenvalue weighted by Crippen LogP contribution is -2.39. The van der Waals surface area contributed by atoms with E-state index in [2.05, 4.69) is 0 Å². The van der Waals surface area contributed by atoms with E-state index in [1.54, 1.807) is 12.1 Å². The van der Waals surface area contributed by atoms with Crippen LogP contribution in [-0.4, -0.2) is 57.9 Å². The Labute approximate surface area is 196 Å². The lowest BCUT2D eigenvalue weighted by Gasteiger charge is -2.39. The van der Waals surface area contributed by atoms with Crippen LogP contribution in [-0.2, 0) is 14.3 Å². The largest absolute Gasteiger partial charge is 0.502 e. The third kappa shape index (κ3) is 3.58. The first kappa shape index (κ1) is 22.6. The summed E-state index contributed by atoms with van der Waals surface area (Å²) in [4.78, 5) is 13.1. The fourth-order valence-electron chi connectivity index (χ4n) is 5.11. The molecule has 1 saturated heterocycles. The van der Waals surface area contributed by atoms with Gasteiger partial charge in [-0.1, -0.05) is 0 Å². The second-order valence-electron chi connectivity index (χ2n) is 8.66. The van der Waals surface area contributed by atoms with Gasteiger partial charge in [0.05, 0.1) is 39.5 Å². The van der Waals surface area contributed by atoms with Gasteiger partial charge in [0.2, 0.25) is 12.5 Å². The number of carbonyl (C=O) groups is 1. The summed E-state index contributed by atoms with van der Waals surface area (Å²) in [7, 11) is 2.92. The average molecular weight is 472 g/mol. The van der Waals surface area contributed by atoms with Crippen molar-refractivity contribution in [3.63, 3.8) is 0 Å². The van der Waals surface area contributed by atoms with E-state index in [-0.39, 0.29) is 61.7 Å². The second kappa shape index (κ2) is 8.86. The molecule has 0 bridgehead atoms. The third-order valence-corrected chi connectivity index (χ3v) is 6.77. The maximum absolute atomic E-state index is 13.1. The van der Waals surface area contributed by atoms with E-state index in [1.165, 1.54) is 14.2 Å². The minimum atomic E-state index is -0.536. The lowest BCUT2D eigenvalue weighted by molar-refractivity contribution is -0.141. The number of phenols is 1. The fourth-order valence-corrected chi connectivity index (χ4v) is 5.11. The molecule has 0 amide bonds. The summed E-state index contributed by atoms with van der Waals surface area (Å²) in [6.45, 7) is 0.836. The zero-order valence-corrected chi connectivity index (χ0v) is 19.0. The maximum Gasteiger partial charge on any atom is 0.310 e. The monoisotopic (exact) mass is 472 g/mol. The average Bonchev–Trinajstić information content (AvgIpc) is 3.47. The molecule has 2 aromatic rings. The van der Waals surface area contributed by atoms with Crippen LogP contribution in [0.2, 0.25) is 0 Å². The van der Waals surface area contributed by atoms with Crippen molar-refractivity contribution in [1.82, 2.24) is 0 Å². The molecule has 0 saturated carbocycles. The van der Waals surface area contributed by atoms with Gasteiger partial charge in [-0.2, -0.15) is 0 Å². The number of benzene rings is 2. The Kier molecular flexibility index (Phi) is 5.88. The van der Waals surface area contributed by atoms with Gasteiger partial charge in [0.1, 0.15) is 0 Å². The van der Waals surface area contributed by atoms with Crippen LogP contribution in [0.15, 0.2) is 24.3 Å². The van der Waals surface area contributed by atoms with Crippen LogP contribution >= 0.6 is 0 Å². The Morgan fingerprint density at radius 2 is 1.71 bits per heavy atom. The number of aromatic hydroxyl groups is 1. The summed E-state index contributed by atoms with van der Waals surface area (Å²) < 4.78 is 33.8. The number of hydrogen-bond donors (Lipinski definition) is 3. The number of phenolic OH excluding ortho intramolecular Hbond substituents is 1. The quantitative estimate of drug-likeness (QED) is 0.506. The smallest absolute Gasteiger partial charge is 0.310 e. The summed E-state index contributed by atoms with van der Waals surface area (Å²) >= 11 is 0. The molecule has 10 nitrogen and oxygen atoms in total. The third-order valence-electron chi connectivity index (χ3n) is 6.77. The predicted molar refractivity (Wildman–Crippen MR) is 119 cm³/mol. The molecule has 1 unspecified atom stereocenters. The minimum absolute atomic E-state index is 0.113. The fraction of sp³-hybridized carbons (Fsp3) is 0.458. The van der Waals surface area contributed by atoms with E-state index >= 15 is 0 Å². The van der Waals surface area contributed by atoms with Gasteiger partial charge in [-0.3, -0.25) is 4.79 Å². The number of fused-ring (bicyclic) bond motifs is 3. The highest BCUT2D eigenvalue weighted by Crippen LogP contribution is 2.56. The molecule has 34 heavy (non-hydrogen) atoms. The van der Waals surface area contributed by atoms with Crippen LogP contribution in [0.5, 0.6) is 28.7 Å². The highest BCUT2D eigenvalue weighted by Gasteiger charge is 2.53. The van der Waals surface area contributed by atoms with Crippen molar-refractivity contribution < 1.29 is 38.3 Å². The van der Waals surface area contributed by atoms with Crippen LogP contribution in [0.1, 0.15) is 28.7 Å². The van der Waals surface area contributed by atoms with Crippen LogP contribution in [0.25, 0.3) is 0 Å². The van der Waals surface area contributed by atoms with Crippen molar-refractivity contribution in [3.05, 3.63) is 41.0 Å². The molecule has 0 spiro atoms. The first-order valence-corrected chi connectivity index (χ1v) is 11.1. The van der Waals surface area contributed by atoms with Crippen molar-refractivity contribution in [2.45, 2.75) is 18.1 Å². The van der Waals surface area contributed by atoms with Crippen molar-refractivity contribution in [2.24, 2.45) is 23.3 Å². The molecule has 182 valence electrons. The zero-order chi connectivity index (χ0) is 24.0. The van der Waals surface area contributed by atoms with E-state index in [1.807, 2.05) is 12.1 Å². The molecule has 5 N–H and O–H groups in total. The molecular formula is C24H28N2O8. The van der Waals surface area contributed by atoms with Gasteiger partial charge in [0, 0.05) is 24.4 Å². The van der Waals surface area contributed by atoms with E-state index in [4.69, 9.17) is 39.9 Å². The number of carbonyl (C=O) groups excluding carboxylic acids is 1. The van der Waals surface area contributed by atoms with E-state index in [9.17, 15) is 9.90 Å². The number of ether oxygens (including phenoxy) is 6. The van der Waals surface area contributed by atoms with Gasteiger partial charge in [-0.05, 0) is 41.0 Å². The van der Waals surface area contributed by atoms with Gasteiger partial charge < -0.3 is 45.0 Å². The molecular weight excluding hydrogens is 444 g/mol. The number of rotatable bonds is 7. The summed E-state index contributed by atoms with van der Waals surface area (Å²) in [5.41, 5.74) is 14.1. The highest BCUT2D eigenvalue weighted by molar-refractivity contribution is 5.79. The van der Waals surface area contributed by atoms with E-state index < -0.39 is 17.9 Å². The van der Waals surface area contributed by atoms with E-state index in [0.29, 0.717) is 11.5 Å². The molecule has 1 aliphatic carbocycles. The molecule has 1 fully saturated rings. The lowest BCUT2D eigenvalue weighted by atomic mass is 9.66. The van der Waals surface area contributed by atoms with Gasteiger partial charge in [-0.15, -0.1) is 0 Å². The maximum atomic E-state index is 13.1. The second-order valence-corrected chi connectivity index (χ2v) is 8.66. The molecule has 2 aliphatic heterocycles. The SMILES string of the molecule is COc1cc([C@@H]2c3cc4c(cc3[C@@H](OCC(N)CN)[C@H]3COC(=O)[C@H]23)OCO4)cc(OC)c1O. The summed E-state index contributed by atoms with van der Waals surface area (Å²) in [5.74, 6) is 0.0308. The zero-order valence-electron chi connectivity index (χ0n) is 19.0. The van der Waals surface area contributed by atoms with Crippen LogP contribution in [0, 0.1) is 11.8 Å². The number of cyclic esters (lactones) is 1. The van der Waals surface area contributed by atoms with Gasteiger partial charge in [-0.25, -0.2) is 0 Å². The van der Waals surface area contributed by atoms with Crippen LogP contribution in [0.3, 0.4) is 0 Å². The van der Waals surface area contributed by atoms with Crippen molar-refractivity contribution >= 4 is 5.97 Å². The molecule has 3 aliphatic rings. The molecule has 10 heteroatoms. The number of hydrogen-bond acceptors (Lipinski definition) is 10. The first-order valence-electron chi connectivity index (χ1n) is 11.1. The minimum Gasteiger partial charge on any atom is -0.502 e. The van der Waals surface area contributed by atoms with Crippen molar-refractivity contribution in [3.8, 4) is 28.7 Å². The van der Waals surface area contributed by atoms with Crippen molar-refractivity contribution in [2.75, 3.05) is 40.8 Å². The Hall–Kier alpha value is -3.21. The van der Waals surface area contributed by atoms with E-state index in [0.717, 1.165) is 16.7 Å². The molecule has 2 aromatic carbocycles. The van der Waals surface area contributed by atoms with Crippen LogP contribution < -0.4 is 30.4 Å². The molecule has 0 aromatic heterocycles. The Balaban J connectivity index is 1.69. The van der Waals surface area contributed by atoms with Gasteiger partial charge >= 0.3 is 5.97 Å². The van der Waals surface area contributed by atoms with Gasteiger partial charge in [0.25, 0.3) is 0 Å². The number of nitrogens with two attached hydrogens (primary N) is 2. The highest BCUT2D eigenvalue weighted by atomic mass is 16.7. The Morgan fingerprint density at radius 3 is 2.32 bits per heavy atom. The summed E-state index contributed by atoms with van der Waals surface area (Å²) in [6, 6.07) is 6.87. The summed E-state index contributed by atoms with van der Waals surface area (Å²) in [6.07, 6.45) is -0.448. The molecule has 5 rings (SSSR count). The standard InChI is InChI=1S/C24H28N2O8/c1-29-18-3-11(4-19(30-2)22(18)27)20-13-5-16-17(34-10-33-16)6-14(13)23(31-8-12(26)7-25)15-9-32-24(28)21(15)20/h3-6,12,15,20-21,23,27H,7-10,25-26H2,1-2H3/t12?,15-,20+,21-,23+/m0/s1. The normalized spacial score (nSPS) is 25.4. The van der Waals surface area contributed by atoms with Crippen molar-refractivity contribution in [1.29, 1.82) is 0 Å². The van der Waals surface area contributed by atoms with Crippen LogP contribution in [0.4, 0.5) is 0 Å². The molecule has 5 atom stereocenters. The Bertz CT molecular complexity index is 1080. The molecule has 0 radical (unpaired) electrons. The number of esters is 1. The summed E-state index contributed by atoms with van der Waals surface area (Å²) in [5, 5.41) is 10.4.